The molecule has 0 unspecified atom stereocenters. The maximum atomic E-state index is 2.74. The Morgan fingerprint density at radius 3 is 0.600 bits per heavy atom. The molecule has 558 valence electrons. The van der Waals surface area contributed by atoms with Crippen molar-refractivity contribution in [1.82, 2.24) is 0 Å². The lowest BCUT2D eigenvalue weighted by atomic mass is 9.74. The quantitative estimate of drug-likeness (QED) is 0.119. The van der Waals surface area contributed by atoms with Crippen LogP contribution in [0.2, 0.25) is 0 Å². The Morgan fingerprint density at radius 1 is 0.164 bits per heavy atom. The van der Waals surface area contributed by atoms with Gasteiger partial charge in [-0.05, 0) is 203 Å². The summed E-state index contributed by atoms with van der Waals surface area (Å²) in [6, 6.07) is 104. The van der Waals surface area contributed by atoms with Gasteiger partial charge in [0, 0.05) is 55.2 Å². The third kappa shape index (κ3) is 14.5. The van der Waals surface area contributed by atoms with Gasteiger partial charge in [-0.15, -0.1) is 0 Å². The summed E-state index contributed by atoms with van der Waals surface area (Å²) in [7, 11) is 0. The van der Waals surface area contributed by atoms with Crippen LogP contribution in [-0.2, 0) is 43.3 Å². The van der Waals surface area contributed by atoms with Crippen LogP contribution in [0.25, 0.3) is 98.7 Å². The Labute approximate surface area is 659 Å². The number of anilines is 6. The molecule has 0 heterocycles. The zero-order valence-corrected chi connectivity index (χ0v) is 70.3. The van der Waals surface area contributed by atoms with Crippen LogP contribution < -0.4 is 9.80 Å². The van der Waals surface area contributed by atoms with Crippen molar-refractivity contribution in [1.29, 1.82) is 0 Å². The van der Waals surface area contributed by atoms with E-state index in [0.29, 0.717) is 0 Å². The Morgan fingerprint density at radius 2 is 0.355 bits per heavy atom. The van der Waals surface area contributed by atoms with E-state index in [-0.39, 0.29) is 43.3 Å². The summed E-state index contributed by atoms with van der Waals surface area (Å²) in [5.41, 5.74) is 27.3. The van der Waals surface area contributed by atoms with Crippen LogP contribution in [0.15, 0.2) is 267 Å². The van der Waals surface area contributed by atoms with Crippen molar-refractivity contribution in [2.24, 2.45) is 0 Å². The van der Waals surface area contributed by atoms with Gasteiger partial charge >= 0.3 is 0 Å². The molecule has 2 nitrogen and oxygen atoms in total. The second-order valence-electron chi connectivity index (χ2n) is 39.5. The van der Waals surface area contributed by atoms with Gasteiger partial charge in [0.2, 0.25) is 0 Å². The molecule has 0 spiro atoms. The molecular formula is C108H116N2. The smallest absolute Gasteiger partial charge is 0.0625 e. The van der Waals surface area contributed by atoms with Crippen LogP contribution in [0.5, 0.6) is 0 Å². The zero-order chi connectivity index (χ0) is 78.7. The fraction of sp³-hybridized carbons (Fsp3) is 0.296. The molecule has 0 aromatic heterocycles. The van der Waals surface area contributed by atoms with Gasteiger partial charge in [-0.1, -0.05) is 385 Å². The van der Waals surface area contributed by atoms with E-state index in [0.717, 1.165) is 77.9 Å². The molecule has 0 radical (unpaired) electrons. The van der Waals surface area contributed by atoms with Crippen molar-refractivity contribution in [3.63, 3.8) is 0 Å². The summed E-state index contributed by atoms with van der Waals surface area (Å²) in [4.78, 5) is 5.42. The summed E-state index contributed by atoms with van der Waals surface area (Å²) in [6.07, 6.45) is 0. The summed E-state index contributed by atoms with van der Waals surface area (Å²) in [5.74, 6) is 0. The lowest BCUT2D eigenvalue weighted by Crippen LogP contribution is -2.21. The number of nitrogens with zero attached hydrogens (tertiary/aromatic N) is 2. The number of benzene rings is 14. The molecule has 0 aliphatic heterocycles. The Balaban J connectivity index is 1.32. The van der Waals surface area contributed by atoms with Crippen LogP contribution in [0.4, 0.5) is 34.1 Å². The van der Waals surface area contributed by atoms with Gasteiger partial charge in [0.05, 0.1) is 11.4 Å². The molecule has 14 aromatic carbocycles. The van der Waals surface area contributed by atoms with Gasteiger partial charge in [-0.25, -0.2) is 0 Å². The average molecular weight is 1440 g/mol. The highest BCUT2D eigenvalue weighted by molar-refractivity contribution is 6.37. The molecule has 0 aliphatic rings. The maximum Gasteiger partial charge on any atom is 0.0625 e. The predicted octanol–water partition coefficient (Wildman–Crippen LogP) is 32.0. The molecule has 2 heteroatoms. The number of fused-ring (bicyclic) bond motifs is 4. The minimum Gasteiger partial charge on any atom is -0.309 e. The molecule has 110 heavy (non-hydrogen) atoms. The highest BCUT2D eigenvalue weighted by Crippen LogP contribution is 2.62. The van der Waals surface area contributed by atoms with Crippen LogP contribution in [0, 0.1) is 0 Å². The van der Waals surface area contributed by atoms with Crippen molar-refractivity contribution < 1.29 is 0 Å². The minimum absolute atomic E-state index is 0.161. The average Bonchev–Trinajstić information content (AvgIpc) is 0.683. The maximum absolute atomic E-state index is 2.74. The Hall–Kier alpha value is -10.3. The largest absolute Gasteiger partial charge is 0.309 e. The molecular weight excluding hydrogens is 1330 g/mol. The fourth-order valence-corrected chi connectivity index (χ4v) is 16.3. The molecule has 0 amide bonds. The predicted molar refractivity (Wildman–Crippen MR) is 483 cm³/mol. The highest BCUT2D eigenvalue weighted by Gasteiger charge is 2.37. The molecule has 0 aliphatic carbocycles. The third-order valence-corrected chi connectivity index (χ3v) is 22.9. The third-order valence-electron chi connectivity index (χ3n) is 22.9. The number of hydrogen-bond acceptors (Lipinski definition) is 2. The first kappa shape index (κ1) is 76.5. The number of hydrogen-bond donors (Lipinski definition) is 0. The Bertz CT molecular complexity index is 5480. The SMILES string of the molecule is CC(C)(C)c1cc(N(c2cc(C(C)(C)C)cc(C(C)(C)C)c2)c2c3ccccc3c(-c3c4ccccc4c(N(c4cc(C(C)(C)C)cc(C(C)(C)C)c4)c4cc(C(C)(C)C)cc(C(C)(C)C)c4)c4c(-c5ccccc5)c(-c5ccccc5)c(-c5ccccc5)c(-c5ccccc5)c34)c3ccccc23)cc(C(C)(C)C)c1. The first-order valence-corrected chi connectivity index (χ1v) is 40.1. The van der Waals surface area contributed by atoms with E-state index in [4.69, 9.17) is 0 Å². The van der Waals surface area contributed by atoms with E-state index >= 15 is 0 Å². The standard InChI is InChI=1S/C108H116N2/c1-101(2,3)73-57-74(102(4,5)6)62-81(61-73)109(82-63-75(103(7,8)9)58-76(64-82)104(10,11)12)99-88-54-40-37-51-85(88)95(86-52-38-41-55-89(86)99)96-87-53-39-42-56-90(87)100(110(83-65-77(105(13,14)15)59-78(66-83)106(16,17)18)84-67-79(107(19,20)21)60-80(68-84)108(22,23)24)98-94(72-49-35-28-36-50-72)92(70-45-31-26-32-46-70)91(69-43-29-25-30-44-69)93(97(96)98)71-47-33-27-34-48-71/h25-68H,1-24H3. The van der Waals surface area contributed by atoms with Crippen molar-refractivity contribution in [3.05, 3.63) is 311 Å². The molecule has 0 bridgehead atoms. The first-order valence-electron chi connectivity index (χ1n) is 40.1. The molecule has 14 rings (SSSR count). The minimum atomic E-state index is -0.210. The summed E-state index contributed by atoms with van der Waals surface area (Å²) < 4.78 is 0. The Kier molecular flexibility index (Phi) is 19.4. The lowest BCUT2D eigenvalue weighted by Gasteiger charge is -2.37. The van der Waals surface area contributed by atoms with Gasteiger partial charge in [0.1, 0.15) is 0 Å². The van der Waals surface area contributed by atoms with Gasteiger partial charge in [0.25, 0.3) is 0 Å². The molecule has 0 N–H and O–H groups in total. The second kappa shape index (κ2) is 27.9. The fourth-order valence-electron chi connectivity index (χ4n) is 16.3. The van der Waals surface area contributed by atoms with E-state index < -0.39 is 0 Å². The van der Waals surface area contributed by atoms with Gasteiger partial charge in [-0.2, -0.15) is 0 Å². The van der Waals surface area contributed by atoms with Crippen LogP contribution in [-0.4, -0.2) is 0 Å². The molecule has 0 saturated carbocycles. The van der Waals surface area contributed by atoms with E-state index in [2.05, 4.69) is 443 Å². The van der Waals surface area contributed by atoms with E-state index in [1.807, 2.05) is 0 Å². The van der Waals surface area contributed by atoms with Crippen molar-refractivity contribution in [2.75, 3.05) is 9.80 Å². The van der Waals surface area contributed by atoms with E-state index in [1.165, 1.54) is 99.4 Å². The van der Waals surface area contributed by atoms with Gasteiger partial charge in [0.15, 0.2) is 0 Å². The molecule has 14 aromatic rings. The monoisotopic (exact) mass is 1440 g/mol. The van der Waals surface area contributed by atoms with Crippen LogP contribution in [0.3, 0.4) is 0 Å². The molecule has 0 fully saturated rings. The number of rotatable bonds is 11. The van der Waals surface area contributed by atoms with Crippen LogP contribution >= 0.6 is 0 Å². The van der Waals surface area contributed by atoms with E-state index in [1.54, 1.807) is 0 Å². The topological polar surface area (TPSA) is 6.48 Å². The zero-order valence-electron chi connectivity index (χ0n) is 70.3. The molecule has 0 saturated heterocycles. The summed E-state index contributed by atoms with van der Waals surface area (Å²) in [6.45, 7) is 57.1. The summed E-state index contributed by atoms with van der Waals surface area (Å²) >= 11 is 0. The molecule has 0 atom stereocenters. The lowest BCUT2D eigenvalue weighted by molar-refractivity contribution is 0.567. The first-order chi connectivity index (χ1) is 51.7. The van der Waals surface area contributed by atoms with Crippen molar-refractivity contribution in [3.8, 4) is 55.6 Å². The summed E-state index contributed by atoms with van der Waals surface area (Å²) in [5, 5.41) is 9.32. The van der Waals surface area contributed by atoms with Gasteiger partial charge in [-0.3, -0.25) is 0 Å². The van der Waals surface area contributed by atoms with Crippen molar-refractivity contribution >= 4 is 77.2 Å². The highest BCUT2D eigenvalue weighted by atomic mass is 15.2. The van der Waals surface area contributed by atoms with E-state index in [9.17, 15) is 0 Å². The normalized spacial score (nSPS) is 12.9. The second-order valence-corrected chi connectivity index (χ2v) is 39.5. The van der Waals surface area contributed by atoms with Gasteiger partial charge < -0.3 is 9.80 Å². The van der Waals surface area contributed by atoms with Crippen LogP contribution in [0.1, 0.15) is 211 Å². The van der Waals surface area contributed by atoms with Crippen molar-refractivity contribution in [2.45, 2.75) is 209 Å².